The molecule has 0 saturated carbocycles. The zero-order valence-electron chi connectivity index (χ0n) is 38.9. The predicted octanol–water partition coefficient (Wildman–Crippen LogP) is 15.7. The molecular weight excluding hydrogens is 757 g/mol. The van der Waals surface area contributed by atoms with Crippen molar-refractivity contribution in [2.24, 2.45) is 0 Å². The van der Waals surface area contributed by atoms with E-state index in [4.69, 9.17) is 14.2 Å². The van der Waals surface area contributed by atoms with E-state index in [1.165, 1.54) is 12.8 Å². The van der Waals surface area contributed by atoms with Crippen LogP contribution in [0.4, 0.5) is 0 Å². The SMILES string of the molecule is CC/C=C\C/C=C\C/C=C\C/C=C\C/C=C\C/C=C\CCCCCCCCC(=O)OCC(COC(=O)CCCCCCC)OC(=O)CC/C=C\C/C=C\C/C=C\C/C=C\CC. The molecule has 1 atom stereocenters. The molecule has 1 unspecified atom stereocenters. The third kappa shape index (κ3) is 46.7. The van der Waals surface area contributed by atoms with Crippen molar-refractivity contribution in [3.63, 3.8) is 0 Å². The minimum Gasteiger partial charge on any atom is -0.462 e. The molecule has 0 spiro atoms. The summed E-state index contributed by atoms with van der Waals surface area (Å²) in [6.07, 6.45) is 66.6. The molecule has 0 radical (unpaired) electrons. The van der Waals surface area contributed by atoms with Gasteiger partial charge in [-0.25, -0.2) is 0 Å². The Morgan fingerprint density at radius 3 is 1.07 bits per heavy atom. The molecule has 0 aliphatic heterocycles. The van der Waals surface area contributed by atoms with E-state index in [0.717, 1.165) is 128 Å². The van der Waals surface area contributed by atoms with Crippen molar-refractivity contribution in [2.45, 2.75) is 194 Å². The number of esters is 3. The summed E-state index contributed by atoms with van der Waals surface area (Å²) in [4.78, 5) is 37.5. The highest BCUT2D eigenvalue weighted by Crippen LogP contribution is 2.11. The third-order valence-corrected chi connectivity index (χ3v) is 9.48. The minimum absolute atomic E-state index is 0.116. The van der Waals surface area contributed by atoms with Gasteiger partial charge < -0.3 is 14.2 Å². The molecule has 0 fully saturated rings. The van der Waals surface area contributed by atoms with E-state index in [2.05, 4.69) is 130 Å². The molecule has 0 heterocycles. The van der Waals surface area contributed by atoms with Gasteiger partial charge in [-0.1, -0.05) is 194 Å². The van der Waals surface area contributed by atoms with Gasteiger partial charge in [-0.05, 0) is 96.3 Å². The number of ether oxygens (including phenoxy) is 3. The van der Waals surface area contributed by atoms with Crippen LogP contribution < -0.4 is 0 Å². The summed E-state index contributed by atoms with van der Waals surface area (Å²) < 4.78 is 16.5. The second kappa shape index (κ2) is 48.5. The van der Waals surface area contributed by atoms with Gasteiger partial charge in [-0.15, -0.1) is 0 Å². The number of allylic oxidation sites excluding steroid dienone is 20. The van der Waals surface area contributed by atoms with Crippen LogP contribution in [0.25, 0.3) is 0 Å². The smallest absolute Gasteiger partial charge is 0.306 e. The van der Waals surface area contributed by atoms with Gasteiger partial charge in [0.05, 0.1) is 0 Å². The van der Waals surface area contributed by atoms with Crippen molar-refractivity contribution < 1.29 is 28.6 Å². The molecule has 0 aromatic heterocycles. The van der Waals surface area contributed by atoms with Crippen LogP contribution in [-0.4, -0.2) is 37.2 Å². The van der Waals surface area contributed by atoms with Gasteiger partial charge in [0.15, 0.2) is 6.10 Å². The lowest BCUT2D eigenvalue weighted by atomic mass is 10.1. The van der Waals surface area contributed by atoms with E-state index in [1.807, 2.05) is 12.2 Å². The molecule has 0 bridgehead atoms. The fraction of sp³-hybridized carbons (Fsp3) is 0.582. The molecule has 0 N–H and O–H groups in total. The van der Waals surface area contributed by atoms with Crippen molar-refractivity contribution in [2.75, 3.05) is 13.2 Å². The van der Waals surface area contributed by atoms with Crippen molar-refractivity contribution in [3.8, 4) is 0 Å². The molecule has 0 amide bonds. The number of hydrogen-bond acceptors (Lipinski definition) is 6. The first-order valence-electron chi connectivity index (χ1n) is 24.0. The topological polar surface area (TPSA) is 78.9 Å². The Balaban J connectivity index is 4.26. The number of hydrogen-bond donors (Lipinski definition) is 0. The standard InChI is InChI=1S/C55H86O6/c1-4-7-10-13-15-17-19-21-22-23-24-25-26-27-28-29-30-31-32-34-35-37-39-42-45-48-54(57)60-51-52(50-59-53(56)47-44-41-12-9-6-3)61-55(58)49-46-43-40-38-36-33-20-18-16-14-11-8-5-2/h7-8,10-11,15-18,21-22,24-25,27-28,30-31,33,36,40,43,52H,4-6,9,12-14,19-20,23,26,29,32,34-35,37-39,41-42,44-51H2,1-3H3/b10-7-,11-8-,17-15-,18-16-,22-21-,25-24-,28-27-,31-30-,36-33-,43-40-. The lowest BCUT2D eigenvalue weighted by Gasteiger charge is -2.18. The molecule has 6 heteroatoms. The molecule has 0 saturated heterocycles. The van der Waals surface area contributed by atoms with Crippen LogP contribution in [0, 0.1) is 0 Å². The monoisotopic (exact) mass is 843 g/mol. The summed E-state index contributed by atoms with van der Waals surface area (Å²) in [7, 11) is 0. The maximum absolute atomic E-state index is 12.6. The van der Waals surface area contributed by atoms with Crippen molar-refractivity contribution in [1.82, 2.24) is 0 Å². The van der Waals surface area contributed by atoms with E-state index in [0.29, 0.717) is 19.3 Å². The summed E-state index contributed by atoms with van der Waals surface area (Å²) in [5.74, 6) is -1.04. The van der Waals surface area contributed by atoms with E-state index >= 15 is 0 Å². The van der Waals surface area contributed by atoms with Gasteiger partial charge in [-0.2, -0.15) is 0 Å². The third-order valence-electron chi connectivity index (χ3n) is 9.48. The average molecular weight is 843 g/mol. The molecule has 0 aliphatic rings. The fourth-order valence-corrected chi connectivity index (χ4v) is 5.93. The number of rotatable bonds is 41. The molecule has 0 aromatic carbocycles. The lowest BCUT2D eigenvalue weighted by Crippen LogP contribution is -2.30. The second-order valence-electron chi connectivity index (χ2n) is 15.3. The van der Waals surface area contributed by atoms with Gasteiger partial charge >= 0.3 is 17.9 Å². The Morgan fingerprint density at radius 2 is 0.672 bits per heavy atom. The van der Waals surface area contributed by atoms with Crippen LogP contribution in [-0.2, 0) is 28.6 Å². The molecule has 0 aliphatic carbocycles. The summed E-state index contributed by atoms with van der Waals surface area (Å²) in [6, 6.07) is 0. The largest absolute Gasteiger partial charge is 0.462 e. The van der Waals surface area contributed by atoms with Crippen LogP contribution in [0.5, 0.6) is 0 Å². The van der Waals surface area contributed by atoms with Crippen LogP contribution in [0.2, 0.25) is 0 Å². The maximum atomic E-state index is 12.6. The van der Waals surface area contributed by atoms with Crippen molar-refractivity contribution >= 4 is 17.9 Å². The Kier molecular flexibility index (Phi) is 45.1. The Hall–Kier alpha value is -4.19. The second-order valence-corrected chi connectivity index (χ2v) is 15.3. The lowest BCUT2D eigenvalue weighted by molar-refractivity contribution is -0.166. The Morgan fingerprint density at radius 1 is 0.344 bits per heavy atom. The van der Waals surface area contributed by atoms with Crippen molar-refractivity contribution in [1.29, 1.82) is 0 Å². The van der Waals surface area contributed by atoms with Crippen LogP contribution in [0.1, 0.15) is 188 Å². The zero-order chi connectivity index (χ0) is 44.4. The quantitative estimate of drug-likeness (QED) is 0.0264. The van der Waals surface area contributed by atoms with Crippen LogP contribution in [0.3, 0.4) is 0 Å². The first-order valence-corrected chi connectivity index (χ1v) is 24.0. The van der Waals surface area contributed by atoms with E-state index < -0.39 is 12.1 Å². The molecule has 0 aromatic rings. The van der Waals surface area contributed by atoms with E-state index in [9.17, 15) is 14.4 Å². The molecular formula is C55H86O6. The minimum atomic E-state index is -0.820. The van der Waals surface area contributed by atoms with Crippen LogP contribution >= 0.6 is 0 Å². The average Bonchev–Trinajstić information content (AvgIpc) is 3.26. The molecule has 61 heavy (non-hydrogen) atoms. The van der Waals surface area contributed by atoms with Gasteiger partial charge in [0.25, 0.3) is 0 Å². The highest BCUT2D eigenvalue weighted by Gasteiger charge is 2.19. The molecule has 6 nitrogen and oxygen atoms in total. The number of carbonyl (C=O) groups excluding carboxylic acids is 3. The highest BCUT2D eigenvalue weighted by molar-refractivity contribution is 5.71. The highest BCUT2D eigenvalue weighted by atomic mass is 16.6. The number of carbonyl (C=O) groups is 3. The Bertz CT molecular complexity index is 1340. The van der Waals surface area contributed by atoms with E-state index in [-0.39, 0.29) is 31.6 Å². The van der Waals surface area contributed by atoms with Crippen molar-refractivity contribution in [3.05, 3.63) is 122 Å². The number of unbranched alkanes of at least 4 members (excludes halogenated alkanes) is 10. The summed E-state index contributed by atoms with van der Waals surface area (Å²) in [6.45, 7) is 6.21. The molecule has 342 valence electrons. The Labute approximate surface area is 373 Å². The summed E-state index contributed by atoms with van der Waals surface area (Å²) >= 11 is 0. The maximum Gasteiger partial charge on any atom is 0.306 e. The first-order chi connectivity index (χ1) is 30.0. The van der Waals surface area contributed by atoms with Gasteiger partial charge in [0.2, 0.25) is 0 Å². The summed E-state index contributed by atoms with van der Waals surface area (Å²) in [5, 5.41) is 0. The van der Waals surface area contributed by atoms with Gasteiger partial charge in [0, 0.05) is 19.3 Å². The fourth-order valence-electron chi connectivity index (χ4n) is 5.93. The molecule has 0 rings (SSSR count). The zero-order valence-corrected chi connectivity index (χ0v) is 38.9. The first kappa shape index (κ1) is 56.8. The van der Waals surface area contributed by atoms with Gasteiger partial charge in [-0.3, -0.25) is 14.4 Å². The van der Waals surface area contributed by atoms with Crippen LogP contribution in [0.15, 0.2) is 122 Å². The van der Waals surface area contributed by atoms with Gasteiger partial charge in [0.1, 0.15) is 13.2 Å². The normalized spacial score (nSPS) is 13.2. The summed E-state index contributed by atoms with van der Waals surface area (Å²) in [5.41, 5.74) is 0. The van der Waals surface area contributed by atoms with E-state index in [1.54, 1.807) is 0 Å². The predicted molar refractivity (Wildman–Crippen MR) is 260 cm³/mol.